The SMILES string of the molecule is O=C1CSC(c2ccccc2[N+](=O)[O-])N1Nc1nc2ccccc2n2nnnc12. The number of amides is 1. The number of nitro benzene ring substituents is 1. The van der Waals surface area contributed by atoms with Gasteiger partial charge in [-0.1, -0.05) is 24.3 Å². The van der Waals surface area contributed by atoms with Crippen LogP contribution in [0.4, 0.5) is 11.5 Å². The Hall–Kier alpha value is -3.80. The van der Waals surface area contributed by atoms with E-state index in [4.69, 9.17) is 0 Å². The lowest BCUT2D eigenvalue weighted by Crippen LogP contribution is -2.34. The fourth-order valence-electron chi connectivity index (χ4n) is 3.23. The van der Waals surface area contributed by atoms with Crippen molar-refractivity contribution >= 4 is 45.9 Å². The number of fused-ring (bicyclic) bond motifs is 3. The number of anilines is 1. The quantitative estimate of drug-likeness (QED) is 0.398. The molecule has 1 aliphatic heterocycles. The van der Waals surface area contributed by atoms with Crippen molar-refractivity contribution in [3.05, 3.63) is 64.2 Å². The first-order valence-corrected chi connectivity index (χ1v) is 9.59. The summed E-state index contributed by atoms with van der Waals surface area (Å²) in [5, 5.41) is 23.9. The van der Waals surface area contributed by atoms with Gasteiger partial charge >= 0.3 is 0 Å². The van der Waals surface area contributed by atoms with Crippen LogP contribution in [0, 0.1) is 10.1 Å². The van der Waals surface area contributed by atoms with E-state index in [1.807, 2.05) is 24.3 Å². The molecule has 3 heterocycles. The molecule has 1 N–H and O–H groups in total. The van der Waals surface area contributed by atoms with E-state index in [1.54, 1.807) is 18.2 Å². The van der Waals surface area contributed by atoms with E-state index in [9.17, 15) is 14.9 Å². The highest BCUT2D eigenvalue weighted by atomic mass is 32.2. The monoisotopic (exact) mass is 408 g/mol. The number of carbonyl (C=O) groups is 1. The van der Waals surface area contributed by atoms with Crippen LogP contribution < -0.4 is 5.43 Å². The van der Waals surface area contributed by atoms with Crippen molar-refractivity contribution in [3.8, 4) is 0 Å². The summed E-state index contributed by atoms with van der Waals surface area (Å²) in [6.45, 7) is 0. The van der Waals surface area contributed by atoms with Crippen LogP contribution in [-0.2, 0) is 4.79 Å². The van der Waals surface area contributed by atoms with Crippen LogP contribution >= 0.6 is 11.8 Å². The van der Waals surface area contributed by atoms with Crippen molar-refractivity contribution in [1.82, 2.24) is 30.0 Å². The Morgan fingerprint density at radius 2 is 1.97 bits per heavy atom. The van der Waals surface area contributed by atoms with E-state index < -0.39 is 10.3 Å². The van der Waals surface area contributed by atoms with Crippen LogP contribution in [0.2, 0.25) is 0 Å². The summed E-state index contributed by atoms with van der Waals surface area (Å²) >= 11 is 1.30. The second kappa shape index (κ2) is 6.67. The highest BCUT2D eigenvalue weighted by Crippen LogP contribution is 2.42. The Bertz CT molecular complexity index is 1280. The van der Waals surface area contributed by atoms with E-state index in [0.717, 1.165) is 5.52 Å². The van der Waals surface area contributed by atoms with E-state index in [-0.39, 0.29) is 23.2 Å². The number of nitrogens with one attached hydrogen (secondary N) is 1. The molecule has 0 radical (unpaired) electrons. The lowest BCUT2D eigenvalue weighted by atomic mass is 10.1. The number of rotatable bonds is 4. The van der Waals surface area contributed by atoms with Crippen LogP contribution in [0.25, 0.3) is 16.7 Å². The van der Waals surface area contributed by atoms with Crippen molar-refractivity contribution in [3.63, 3.8) is 0 Å². The molecular weight excluding hydrogens is 396 g/mol. The Labute approximate surface area is 166 Å². The maximum absolute atomic E-state index is 12.6. The molecule has 1 aliphatic rings. The number of aromatic nitrogens is 5. The number of thioether (sulfide) groups is 1. The summed E-state index contributed by atoms with van der Waals surface area (Å²) in [6.07, 6.45) is 0. The smallest absolute Gasteiger partial charge is 0.275 e. The van der Waals surface area contributed by atoms with Crippen LogP contribution in [0.3, 0.4) is 0 Å². The molecule has 0 saturated carbocycles. The lowest BCUT2D eigenvalue weighted by Gasteiger charge is -2.25. The zero-order valence-electron chi connectivity index (χ0n) is 14.7. The normalized spacial score (nSPS) is 16.6. The number of carbonyl (C=O) groups excluding carboxylic acids is 1. The molecule has 1 unspecified atom stereocenters. The van der Waals surface area contributed by atoms with Crippen molar-refractivity contribution in [1.29, 1.82) is 0 Å². The van der Waals surface area contributed by atoms with Gasteiger partial charge in [0, 0.05) is 6.07 Å². The highest BCUT2D eigenvalue weighted by molar-refractivity contribution is 8.00. The summed E-state index contributed by atoms with van der Waals surface area (Å²) < 4.78 is 1.53. The third-order valence-corrected chi connectivity index (χ3v) is 5.71. The Morgan fingerprint density at radius 1 is 1.17 bits per heavy atom. The fourth-order valence-corrected chi connectivity index (χ4v) is 4.37. The first-order valence-electron chi connectivity index (χ1n) is 8.54. The topological polar surface area (TPSA) is 131 Å². The minimum absolute atomic E-state index is 0.0488. The Kier molecular flexibility index (Phi) is 3.98. The van der Waals surface area contributed by atoms with Crippen molar-refractivity contribution in [2.45, 2.75) is 5.37 Å². The standard InChI is InChI=1S/C17H12N8O3S/c26-14-9-29-17(10-5-1-3-7-12(10)25(27)28)24(14)20-15-16-19-21-22-23(16)13-8-4-2-6-11(13)18-15/h1-8,17H,9H2,(H,18,20). The molecule has 1 atom stereocenters. The second-order valence-corrected chi connectivity index (χ2v) is 7.29. The summed E-state index contributed by atoms with van der Waals surface area (Å²) in [6, 6.07) is 13.7. The minimum atomic E-state index is -0.590. The van der Waals surface area contributed by atoms with Gasteiger partial charge in [0.2, 0.25) is 5.65 Å². The molecule has 4 aromatic rings. The number of tetrazole rings is 1. The second-order valence-electron chi connectivity index (χ2n) is 6.22. The zero-order chi connectivity index (χ0) is 20.0. The lowest BCUT2D eigenvalue weighted by molar-refractivity contribution is -0.385. The average Bonchev–Trinajstić information content (AvgIpc) is 3.36. The van der Waals surface area contributed by atoms with Crippen LogP contribution in [0.15, 0.2) is 48.5 Å². The number of hydrogen-bond donors (Lipinski definition) is 1. The molecule has 2 aromatic heterocycles. The van der Waals surface area contributed by atoms with E-state index >= 15 is 0 Å². The first-order chi connectivity index (χ1) is 14.1. The minimum Gasteiger partial charge on any atom is -0.275 e. The number of benzene rings is 2. The van der Waals surface area contributed by atoms with Gasteiger partial charge < -0.3 is 0 Å². The number of hydrazine groups is 1. The molecule has 5 rings (SSSR count). The van der Waals surface area contributed by atoms with Gasteiger partial charge in [-0.25, -0.2) is 9.99 Å². The molecule has 1 fully saturated rings. The summed E-state index contributed by atoms with van der Waals surface area (Å²) in [7, 11) is 0. The zero-order valence-corrected chi connectivity index (χ0v) is 15.5. The molecule has 2 aromatic carbocycles. The predicted molar refractivity (Wildman–Crippen MR) is 105 cm³/mol. The molecule has 29 heavy (non-hydrogen) atoms. The van der Waals surface area contributed by atoms with Crippen LogP contribution in [-0.4, -0.2) is 46.6 Å². The van der Waals surface area contributed by atoms with Gasteiger partial charge in [-0.3, -0.25) is 20.3 Å². The predicted octanol–water partition coefficient (Wildman–Crippen LogP) is 2.18. The molecule has 144 valence electrons. The van der Waals surface area contributed by atoms with E-state index in [2.05, 4.69) is 25.9 Å². The Balaban J connectivity index is 1.59. The maximum Gasteiger partial charge on any atom is 0.275 e. The molecule has 1 amide bonds. The number of nitrogens with zero attached hydrogens (tertiary/aromatic N) is 7. The largest absolute Gasteiger partial charge is 0.275 e. The van der Waals surface area contributed by atoms with Crippen LogP contribution in [0.1, 0.15) is 10.9 Å². The van der Waals surface area contributed by atoms with Gasteiger partial charge in [0.25, 0.3) is 11.6 Å². The summed E-state index contributed by atoms with van der Waals surface area (Å²) in [4.78, 5) is 28.1. The average molecular weight is 408 g/mol. The van der Waals surface area contributed by atoms with Gasteiger partial charge in [0.15, 0.2) is 5.82 Å². The Morgan fingerprint density at radius 3 is 2.83 bits per heavy atom. The molecule has 1 saturated heterocycles. The van der Waals surface area contributed by atoms with Gasteiger partial charge in [-0.15, -0.1) is 16.9 Å². The fraction of sp³-hybridized carbons (Fsp3) is 0.118. The van der Waals surface area contributed by atoms with Crippen molar-refractivity contribution in [2.75, 3.05) is 11.2 Å². The molecular formula is C17H12N8O3S. The van der Waals surface area contributed by atoms with E-state index in [0.29, 0.717) is 16.7 Å². The third-order valence-electron chi connectivity index (χ3n) is 4.52. The van der Waals surface area contributed by atoms with Gasteiger partial charge in [0.1, 0.15) is 5.37 Å². The van der Waals surface area contributed by atoms with Crippen molar-refractivity contribution < 1.29 is 9.72 Å². The third kappa shape index (κ3) is 2.81. The van der Waals surface area contributed by atoms with Crippen molar-refractivity contribution in [2.24, 2.45) is 0 Å². The molecule has 0 bridgehead atoms. The van der Waals surface area contributed by atoms with Gasteiger partial charge in [0.05, 0.1) is 27.3 Å². The molecule has 0 spiro atoms. The number of hydrogen-bond acceptors (Lipinski definition) is 9. The molecule has 0 aliphatic carbocycles. The number of nitro groups is 1. The van der Waals surface area contributed by atoms with Gasteiger partial charge in [-0.05, 0) is 28.6 Å². The molecule has 12 heteroatoms. The summed E-state index contributed by atoms with van der Waals surface area (Å²) in [5.41, 5.74) is 5.07. The van der Waals surface area contributed by atoms with Gasteiger partial charge in [-0.2, -0.15) is 4.52 Å². The highest BCUT2D eigenvalue weighted by Gasteiger charge is 2.37. The first kappa shape index (κ1) is 17.3. The maximum atomic E-state index is 12.6. The van der Waals surface area contributed by atoms with E-state index in [1.165, 1.54) is 27.4 Å². The number of para-hydroxylation sites is 3. The summed E-state index contributed by atoms with van der Waals surface area (Å²) in [5.74, 6) is 0.241. The molecule has 11 nitrogen and oxygen atoms in total. The van der Waals surface area contributed by atoms with Crippen LogP contribution in [0.5, 0.6) is 0 Å².